The lowest BCUT2D eigenvalue weighted by Crippen LogP contribution is -2.20. The molecule has 1 aliphatic rings. The van der Waals surface area contributed by atoms with Crippen molar-refractivity contribution in [2.24, 2.45) is 0 Å². The number of aryl methyl sites for hydroxylation is 2. The van der Waals surface area contributed by atoms with Gasteiger partial charge in [-0.2, -0.15) is 0 Å². The number of benzene rings is 3. The van der Waals surface area contributed by atoms with Gasteiger partial charge in [0, 0.05) is 5.57 Å². The highest BCUT2D eigenvalue weighted by molar-refractivity contribution is 5.68. The van der Waals surface area contributed by atoms with E-state index >= 15 is 0 Å². The summed E-state index contributed by atoms with van der Waals surface area (Å²) in [5.74, 6) is 2.01. The molecule has 0 radical (unpaired) electrons. The molecule has 0 aromatic heterocycles. The smallest absolute Gasteiger partial charge is 0.179 e. The SMILES string of the molecule is C=C(CO)[C@H](O)OCCOc1ccc(C2CCC(c3ccc(-c4ccc(CCCCC)cc4)c(C)c3)CC2)cc1. The Balaban J connectivity index is 1.25. The molecular weight excluding hydrogens is 496 g/mol. The van der Waals surface area contributed by atoms with Crippen LogP contribution in [0, 0.1) is 6.92 Å². The van der Waals surface area contributed by atoms with E-state index in [1.807, 2.05) is 12.1 Å². The van der Waals surface area contributed by atoms with Crippen LogP contribution in [0.25, 0.3) is 11.1 Å². The van der Waals surface area contributed by atoms with Crippen LogP contribution in [0.2, 0.25) is 0 Å². The highest BCUT2D eigenvalue weighted by Gasteiger charge is 2.24. The molecule has 1 aliphatic carbocycles. The minimum absolute atomic E-state index is 0.220. The van der Waals surface area contributed by atoms with Gasteiger partial charge in [-0.1, -0.05) is 80.9 Å². The molecule has 0 unspecified atom stereocenters. The van der Waals surface area contributed by atoms with Crippen molar-refractivity contribution in [3.8, 4) is 16.9 Å². The Morgan fingerprint density at radius 3 is 2.15 bits per heavy atom. The normalized spacial score (nSPS) is 17.9. The van der Waals surface area contributed by atoms with Crippen LogP contribution in [0.15, 0.2) is 78.9 Å². The van der Waals surface area contributed by atoms with Gasteiger partial charge in [0.25, 0.3) is 0 Å². The number of unbranched alkanes of at least 4 members (excludes halogenated alkanes) is 2. The Labute approximate surface area is 240 Å². The summed E-state index contributed by atoms with van der Waals surface area (Å²) in [5.41, 5.74) is 8.57. The molecule has 40 heavy (non-hydrogen) atoms. The predicted molar refractivity (Wildman–Crippen MR) is 164 cm³/mol. The van der Waals surface area contributed by atoms with Gasteiger partial charge in [0.15, 0.2) is 6.29 Å². The van der Waals surface area contributed by atoms with Crippen molar-refractivity contribution in [3.05, 3.63) is 101 Å². The molecule has 0 amide bonds. The molecule has 0 saturated heterocycles. The molecule has 3 aromatic carbocycles. The molecule has 0 spiro atoms. The second kappa shape index (κ2) is 15.2. The molecule has 0 aliphatic heterocycles. The van der Waals surface area contributed by atoms with E-state index in [1.165, 1.54) is 84.7 Å². The summed E-state index contributed by atoms with van der Waals surface area (Å²) in [6.07, 6.45) is 8.70. The van der Waals surface area contributed by atoms with Gasteiger partial charge in [-0.05, 0) is 103 Å². The highest BCUT2D eigenvalue weighted by Crippen LogP contribution is 2.41. The van der Waals surface area contributed by atoms with Crippen molar-refractivity contribution in [3.63, 3.8) is 0 Å². The molecule has 214 valence electrons. The van der Waals surface area contributed by atoms with Crippen molar-refractivity contribution in [2.45, 2.75) is 83.3 Å². The van der Waals surface area contributed by atoms with Crippen molar-refractivity contribution in [2.75, 3.05) is 19.8 Å². The molecule has 0 heterocycles. The van der Waals surface area contributed by atoms with Gasteiger partial charge in [0.1, 0.15) is 12.4 Å². The largest absolute Gasteiger partial charge is 0.491 e. The summed E-state index contributed by atoms with van der Waals surface area (Å²) in [7, 11) is 0. The fraction of sp³-hybridized carbons (Fsp3) is 0.444. The summed E-state index contributed by atoms with van der Waals surface area (Å²) < 4.78 is 10.9. The first kappa shape index (κ1) is 30.0. The third kappa shape index (κ3) is 8.30. The van der Waals surface area contributed by atoms with E-state index in [9.17, 15) is 5.11 Å². The number of aliphatic hydroxyl groups is 2. The number of hydrogen-bond acceptors (Lipinski definition) is 4. The average Bonchev–Trinajstić information content (AvgIpc) is 2.99. The van der Waals surface area contributed by atoms with Crippen molar-refractivity contribution in [1.82, 2.24) is 0 Å². The van der Waals surface area contributed by atoms with Gasteiger partial charge < -0.3 is 19.7 Å². The second-order valence-corrected chi connectivity index (χ2v) is 11.2. The maximum atomic E-state index is 9.66. The Kier molecular flexibility index (Phi) is 11.4. The van der Waals surface area contributed by atoms with Gasteiger partial charge in [-0.3, -0.25) is 0 Å². The molecule has 1 fully saturated rings. The average molecular weight is 543 g/mol. The summed E-state index contributed by atoms with van der Waals surface area (Å²) in [4.78, 5) is 0. The third-order valence-corrected chi connectivity index (χ3v) is 8.31. The molecule has 4 rings (SSSR count). The molecule has 1 saturated carbocycles. The van der Waals surface area contributed by atoms with Crippen molar-refractivity contribution in [1.29, 1.82) is 0 Å². The van der Waals surface area contributed by atoms with Crippen LogP contribution in [0.1, 0.15) is 86.0 Å². The first-order valence-electron chi connectivity index (χ1n) is 15.0. The topological polar surface area (TPSA) is 58.9 Å². The van der Waals surface area contributed by atoms with Gasteiger partial charge >= 0.3 is 0 Å². The molecule has 1 atom stereocenters. The maximum absolute atomic E-state index is 9.66. The van der Waals surface area contributed by atoms with E-state index in [4.69, 9.17) is 14.6 Å². The van der Waals surface area contributed by atoms with E-state index in [2.05, 4.69) is 75.0 Å². The second-order valence-electron chi connectivity index (χ2n) is 11.2. The summed E-state index contributed by atoms with van der Waals surface area (Å²) >= 11 is 0. The minimum atomic E-state index is -1.16. The van der Waals surface area contributed by atoms with Crippen molar-refractivity contribution >= 4 is 0 Å². The van der Waals surface area contributed by atoms with Crippen LogP contribution >= 0.6 is 0 Å². The van der Waals surface area contributed by atoms with Crippen molar-refractivity contribution < 1.29 is 19.7 Å². The van der Waals surface area contributed by atoms with Gasteiger partial charge in [0.2, 0.25) is 0 Å². The third-order valence-electron chi connectivity index (χ3n) is 8.31. The Morgan fingerprint density at radius 1 is 0.875 bits per heavy atom. The fourth-order valence-electron chi connectivity index (χ4n) is 5.81. The predicted octanol–water partition coefficient (Wildman–Crippen LogP) is 8.10. The first-order chi connectivity index (χ1) is 19.5. The van der Waals surface area contributed by atoms with E-state index in [1.54, 1.807) is 0 Å². The number of ether oxygens (including phenoxy) is 2. The van der Waals surface area contributed by atoms with E-state index in [-0.39, 0.29) is 18.8 Å². The summed E-state index contributed by atoms with van der Waals surface area (Å²) in [6, 6.07) is 24.7. The number of hydrogen-bond donors (Lipinski definition) is 2. The Morgan fingerprint density at radius 2 is 1.52 bits per heavy atom. The maximum Gasteiger partial charge on any atom is 0.179 e. The molecule has 3 aromatic rings. The first-order valence-corrected chi connectivity index (χ1v) is 15.0. The monoisotopic (exact) mass is 542 g/mol. The fourth-order valence-corrected chi connectivity index (χ4v) is 5.81. The van der Waals surface area contributed by atoms with Crippen LogP contribution in [-0.4, -0.2) is 36.3 Å². The molecule has 4 nitrogen and oxygen atoms in total. The van der Waals surface area contributed by atoms with Crippen LogP contribution in [0.5, 0.6) is 5.75 Å². The highest BCUT2D eigenvalue weighted by atomic mass is 16.6. The lowest BCUT2D eigenvalue weighted by molar-refractivity contribution is -0.0830. The molecular formula is C36H46O4. The Bertz CT molecular complexity index is 1190. The zero-order valence-electron chi connectivity index (χ0n) is 24.3. The quantitative estimate of drug-likeness (QED) is 0.123. The van der Waals surface area contributed by atoms with Crippen LogP contribution < -0.4 is 4.74 Å². The molecule has 4 heteroatoms. The zero-order valence-corrected chi connectivity index (χ0v) is 24.3. The van der Waals surface area contributed by atoms with Crippen LogP contribution in [-0.2, 0) is 11.2 Å². The van der Waals surface area contributed by atoms with E-state index in [0.717, 1.165) is 5.75 Å². The summed E-state index contributed by atoms with van der Waals surface area (Å²) in [6.45, 7) is 8.30. The van der Waals surface area contributed by atoms with E-state index in [0.29, 0.717) is 18.4 Å². The number of rotatable bonds is 14. The van der Waals surface area contributed by atoms with Crippen LogP contribution in [0.4, 0.5) is 0 Å². The lowest BCUT2D eigenvalue weighted by atomic mass is 9.76. The standard InChI is InChI=1S/C36H46O4/c1-4-5-6-7-28-8-10-32(11-9-28)35-21-18-33(24-26(35)2)31-14-12-29(13-15-31)30-16-19-34(20-17-30)39-22-23-40-36(38)27(3)25-37/h8-11,16-21,24,29,31,36-38H,3-7,12-15,22-23,25H2,1-2H3/t29?,31?,36-/m1/s1. The molecule has 0 bridgehead atoms. The van der Waals surface area contributed by atoms with Crippen LogP contribution in [0.3, 0.4) is 0 Å². The Hall–Kier alpha value is -2.92. The minimum Gasteiger partial charge on any atom is -0.491 e. The number of aliphatic hydroxyl groups excluding tert-OH is 2. The zero-order chi connectivity index (χ0) is 28.3. The van der Waals surface area contributed by atoms with Gasteiger partial charge in [-0.15, -0.1) is 0 Å². The molecule has 2 N–H and O–H groups in total. The van der Waals surface area contributed by atoms with E-state index < -0.39 is 6.29 Å². The van der Waals surface area contributed by atoms with Gasteiger partial charge in [-0.25, -0.2) is 0 Å². The lowest BCUT2D eigenvalue weighted by Gasteiger charge is -2.29. The van der Waals surface area contributed by atoms with Gasteiger partial charge in [0.05, 0.1) is 13.2 Å². The summed E-state index contributed by atoms with van der Waals surface area (Å²) in [5, 5.41) is 18.6.